The maximum absolute atomic E-state index is 11.7. The first-order valence-corrected chi connectivity index (χ1v) is 6.33. The van der Waals surface area contributed by atoms with Crippen molar-refractivity contribution >= 4 is 33.3 Å². The predicted molar refractivity (Wildman–Crippen MR) is 63.3 cm³/mol. The Morgan fingerprint density at radius 2 is 2.27 bits per heavy atom. The summed E-state index contributed by atoms with van der Waals surface area (Å²) in [6, 6.07) is 3.94. The molecule has 1 aromatic rings. The van der Waals surface area contributed by atoms with Crippen LogP contribution in [0.1, 0.15) is 11.3 Å². The van der Waals surface area contributed by atoms with Crippen molar-refractivity contribution in [2.24, 2.45) is 5.84 Å². The molecule has 82 valence electrons. The number of nitrogens with zero attached hydrogens (tertiary/aromatic N) is 2. The molecule has 15 heavy (non-hydrogen) atoms. The number of rotatable bonds is 2. The van der Waals surface area contributed by atoms with Crippen molar-refractivity contribution in [3.05, 3.63) is 20.8 Å². The number of carbonyl (C=O) groups excluding carboxylic acids is 1. The molecule has 1 aliphatic rings. The van der Waals surface area contributed by atoms with Gasteiger partial charge in [-0.15, -0.1) is 11.3 Å². The van der Waals surface area contributed by atoms with Crippen molar-refractivity contribution in [1.29, 1.82) is 0 Å². The Kier molecular flexibility index (Phi) is 3.28. The molecule has 1 fully saturated rings. The molecule has 2 amide bonds. The zero-order valence-electron chi connectivity index (χ0n) is 8.15. The number of carbonyl (C=O) groups is 1. The molecule has 2 N–H and O–H groups in total. The van der Waals surface area contributed by atoms with Gasteiger partial charge >= 0.3 is 6.03 Å². The van der Waals surface area contributed by atoms with Crippen LogP contribution in [0.5, 0.6) is 0 Å². The molecule has 6 heteroatoms. The number of hydrogen-bond acceptors (Lipinski definition) is 3. The number of urea groups is 1. The Balaban J connectivity index is 2.02. The van der Waals surface area contributed by atoms with Crippen LogP contribution in [-0.4, -0.2) is 29.0 Å². The molecule has 1 aromatic heterocycles. The quantitative estimate of drug-likeness (QED) is 0.669. The number of nitrogens with two attached hydrogens (primary N) is 1. The van der Waals surface area contributed by atoms with Gasteiger partial charge in [-0.05, 0) is 34.5 Å². The van der Waals surface area contributed by atoms with E-state index in [0.717, 1.165) is 16.8 Å². The van der Waals surface area contributed by atoms with Crippen LogP contribution in [0.15, 0.2) is 15.9 Å². The third-order valence-corrected chi connectivity index (χ3v) is 3.93. The van der Waals surface area contributed by atoms with Crippen molar-refractivity contribution < 1.29 is 4.79 Å². The van der Waals surface area contributed by atoms with E-state index < -0.39 is 0 Å². The van der Waals surface area contributed by atoms with Crippen LogP contribution in [-0.2, 0) is 6.54 Å². The number of thiophene rings is 1. The molecule has 4 nitrogen and oxygen atoms in total. The second-order valence-corrected chi connectivity index (χ2v) is 6.00. The van der Waals surface area contributed by atoms with E-state index in [1.54, 1.807) is 16.2 Å². The molecule has 1 aliphatic heterocycles. The van der Waals surface area contributed by atoms with E-state index in [1.807, 2.05) is 12.1 Å². The van der Waals surface area contributed by atoms with Crippen LogP contribution in [0, 0.1) is 0 Å². The van der Waals surface area contributed by atoms with Crippen LogP contribution in [0.3, 0.4) is 0 Å². The standard InChI is InChI=1S/C9H12BrN3OS/c10-8-3-2-7(15-8)6-12-4-1-5-13(11)9(12)14/h2-3H,1,4-6,11H2. The highest BCUT2D eigenvalue weighted by Crippen LogP contribution is 2.24. The second-order valence-electron chi connectivity index (χ2n) is 3.46. The van der Waals surface area contributed by atoms with Crippen molar-refractivity contribution in [3.63, 3.8) is 0 Å². The lowest BCUT2D eigenvalue weighted by molar-refractivity contribution is 0.127. The van der Waals surface area contributed by atoms with Gasteiger partial charge in [0.05, 0.1) is 10.3 Å². The summed E-state index contributed by atoms with van der Waals surface area (Å²) in [7, 11) is 0. The lowest BCUT2D eigenvalue weighted by Crippen LogP contribution is -2.51. The van der Waals surface area contributed by atoms with E-state index in [0.29, 0.717) is 13.1 Å². The highest BCUT2D eigenvalue weighted by molar-refractivity contribution is 9.11. The predicted octanol–water partition coefficient (Wildman–Crippen LogP) is 2.01. The zero-order chi connectivity index (χ0) is 10.8. The number of halogens is 1. The normalized spacial score (nSPS) is 17.3. The van der Waals surface area contributed by atoms with E-state index in [9.17, 15) is 4.79 Å². The highest BCUT2D eigenvalue weighted by Gasteiger charge is 2.23. The highest BCUT2D eigenvalue weighted by atomic mass is 79.9. The van der Waals surface area contributed by atoms with Gasteiger partial charge < -0.3 is 4.90 Å². The monoisotopic (exact) mass is 289 g/mol. The molecule has 0 saturated carbocycles. The molecule has 0 bridgehead atoms. The van der Waals surface area contributed by atoms with Crippen LogP contribution < -0.4 is 5.84 Å². The van der Waals surface area contributed by atoms with E-state index in [2.05, 4.69) is 15.9 Å². The van der Waals surface area contributed by atoms with Crippen molar-refractivity contribution in [2.45, 2.75) is 13.0 Å². The average Bonchev–Trinajstić information content (AvgIpc) is 2.59. The molecule has 0 atom stereocenters. The lowest BCUT2D eigenvalue weighted by atomic mass is 10.3. The Morgan fingerprint density at radius 1 is 1.47 bits per heavy atom. The molecule has 1 saturated heterocycles. The summed E-state index contributed by atoms with van der Waals surface area (Å²) < 4.78 is 1.09. The Bertz CT molecular complexity index is 368. The fraction of sp³-hybridized carbons (Fsp3) is 0.444. The van der Waals surface area contributed by atoms with Gasteiger partial charge in [0.1, 0.15) is 0 Å². The fourth-order valence-corrected chi connectivity index (χ4v) is 3.08. The maximum Gasteiger partial charge on any atom is 0.334 e. The fourth-order valence-electron chi connectivity index (χ4n) is 1.58. The second kappa shape index (κ2) is 4.51. The molecule has 0 spiro atoms. The average molecular weight is 290 g/mol. The minimum atomic E-state index is -0.0780. The van der Waals surface area contributed by atoms with Crippen molar-refractivity contribution in [3.8, 4) is 0 Å². The summed E-state index contributed by atoms with van der Waals surface area (Å²) in [6.07, 6.45) is 0.939. The third-order valence-electron chi connectivity index (χ3n) is 2.32. The summed E-state index contributed by atoms with van der Waals surface area (Å²) in [5.41, 5.74) is 0. The van der Waals surface area contributed by atoms with Gasteiger partial charge in [-0.3, -0.25) is 5.01 Å². The molecule has 2 heterocycles. The third kappa shape index (κ3) is 2.50. The molecule has 0 aromatic carbocycles. The van der Waals surface area contributed by atoms with Crippen LogP contribution >= 0.6 is 27.3 Å². The zero-order valence-corrected chi connectivity index (χ0v) is 10.6. The first-order chi connectivity index (χ1) is 7.16. The van der Waals surface area contributed by atoms with Crippen LogP contribution in [0.25, 0.3) is 0 Å². The minimum Gasteiger partial charge on any atom is -0.318 e. The van der Waals surface area contributed by atoms with E-state index in [1.165, 1.54) is 9.89 Å². The van der Waals surface area contributed by atoms with Crippen LogP contribution in [0.2, 0.25) is 0 Å². The van der Waals surface area contributed by atoms with Gasteiger partial charge in [0.15, 0.2) is 0 Å². The Hall–Kier alpha value is -0.590. The number of hydrazine groups is 1. The maximum atomic E-state index is 11.7. The SMILES string of the molecule is NN1CCCN(Cc2ccc(Br)s2)C1=O. The lowest BCUT2D eigenvalue weighted by Gasteiger charge is -2.32. The largest absolute Gasteiger partial charge is 0.334 e. The van der Waals surface area contributed by atoms with Gasteiger partial charge in [-0.2, -0.15) is 0 Å². The van der Waals surface area contributed by atoms with E-state index >= 15 is 0 Å². The van der Waals surface area contributed by atoms with Gasteiger partial charge in [0, 0.05) is 18.0 Å². The molecule has 0 radical (unpaired) electrons. The van der Waals surface area contributed by atoms with Crippen LogP contribution in [0.4, 0.5) is 4.79 Å². The van der Waals surface area contributed by atoms with Gasteiger partial charge in [0.25, 0.3) is 0 Å². The molecule has 0 aliphatic carbocycles. The van der Waals surface area contributed by atoms with Crippen molar-refractivity contribution in [1.82, 2.24) is 9.91 Å². The van der Waals surface area contributed by atoms with Gasteiger partial charge in [-0.25, -0.2) is 10.6 Å². The molecular formula is C9H12BrN3OS. The topological polar surface area (TPSA) is 49.6 Å². The Labute approximate surface area is 101 Å². The number of amides is 2. The van der Waals surface area contributed by atoms with E-state index in [-0.39, 0.29) is 6.03 Å². The molecular weight excluding hydrogens is 278 g/mol. The summed E-state index contributed by atoms with van der Waals surface area (Å²) in [5, 5.41) is 1.28. The first-order valence-electron chi connectivity index (χ1n) is 4.72. The summed E-state index contributed by atoms with van der Waals surface area (Å²) in [6.45, 7) is 2.11. The first kappa shape index (κ1) is 10.9. The molecule has 2 rings (SSSR count). The van der Waals surface area contributed by atoms with Crippen molar-refractivity contribution in [2.75, 3.05) is 13.1 Å². The minimum absolute atomic E-state index is 0.0780. The van der Waals surface area contributed by atoms with E-state index in [4.69, 9.17) is 5.84 Å². The summed E-state index contributed by atoms with van der Waals surface area (Å²) in [5.74, 6) is 5.56. The Morgan fingerprint density at radius 3 is 2.93 bits per heavy atom. The summed E-state index contributed by atoms with van der Waals surface area (Å²) in [4.78, 5) is 14.6. The van der Waals surface area contributed by atoms with Gasteiger partial charge in [-0.1, -0.05) is 0 Å². The smallest absolute Gasteiger partial charge is 0.318 e. The summed E-state index contributed by atoms with van der Waals surface area (Å²) >= 11 is 5.05. The number of hydrogen-bond donors (Lipinski definition) is 1. The molecule has 0 unspecified atom stereocenters. The van der Waals surface area contributed by atoms with Gasteiger partial charge in [0.2, 0.25) is 0 Å².